The first-order chi connectivity index (χ1) is 13.8. The van der Waals surface area contributed by atoms with E-state index in [1.807, 2.05) is 6.92 Å². The summed E-state index contributed by atoms with van der Waals surface area (Å²) >= 11 is 0. The van der Waals surface area contributed by atoms with Gasteiger partial charge in [-0.25, -0.2) is 4.90 Å². The number of benzene rings is 2. The van der Waals surface area contributed by atoms with Gasteiger partial charge in [0, 0.05) is 31.9 Å². The Morgan fingerprint density at radius 1 is 0.793 bits per heavy atom. The highest BCUT2D eigenvalue weighted by Gasteiger charge is 2.28. The fourth-order valence-corrected chi connectivity index (χ4v) is 4.43. The molecule has 1 aliphatic rings. The van der Waals surface area contributed by atoms with Crippen LogP contribution in [0.5, 0.6) is 0 Å². The molecule has 0 bridgehead atoms. The molecule has 0 saturated heterocycles. The lowest BCUT2D eigenvalue weighted by Gasteiger charge is -2.23. The van der Waals surface area contributed by atoms with E-state index in [0.717, 1.165) is 36.1 Å². The maximum atomic E-state index is 12.2. The van der Waals surface area contributed by atoms with E-state index in [9.17, 15) is 9.59 Å². The molecule has 2 aromatic carbocycles. The van der Waals surface area contributed by atoms with Gasteiger partial charge in [-0.15, -0.1) is 0 Å². The molecule has 0 saturated carbocycles. The molecular formula is C25H30N2O2. The van der Waals surface area contributed by atoms with Gasteiger partial charge in [0.25, 0.3) is 11.8 Å². The Balaban J connectivity index is 1.99. The molecule has 4 nitrogen and oxygen atoms in total. The molecule has 0 unspecified atom stereocenters. The van der Waals surface area contributed by atoms with Crippen molar-refractivity contribution in [3.63, 3.8) is 0 Å². The first-order valence-corrected chi connectivity index (χ1v) is 10.2. The molecule has 0 N–H and O–H groups in total. The van der Waals surface area contributed by atoms with Crippen molar-refractivity contribution in [2.75, 3.05) is 23.9 Å². The minimum absolute atomic E-state index is 0.261. The number of aryl methyl sites for hydroxylation is 4. The van der Waals surface area contributed by atoms with Gasteiger partial charge in [0.05, 0.1) is 5.69 Å². The van der Waals surface area contributed by atoms with E-state index in [1.165, 1.54) is 45.0 Å². The number of carbonyl (C=O) groups is 2. The van der Waals surface area contributed by atoms with E-state index in [2.05, 4.69) is 64.0 Å². The van der Waals surface area contributed by atoms with Gasteiger partial charge in [-0.3, -0.25) is 9.59 Å². The highest BCUT2D eigenvalue weighted by molar-refractivity contribution is 6.28. The molecule has 0 fully saturated rings. The smallest absolute Gasteiger partial charge is 0.258 e. The SMILES string of the molecule is CCc1cc(Cc2cc(C)c(N3C(=O)C=CC3=O)c(CC)c2)cc(C)c1N(C)C. The molecule has 0 atom stereocenters. The Hall–Kier alpha value is -2.88. The van der Waals surface area contributed by atoms with E-state index < -0.39 is 0 Å². The van der Waals surface area contributed by atoms with Crippen LogP contribution in [0.3, 0.4) is 0 Å². The Kier molecular flexibility index (Phi) is 5.92. The fourth-order valence-electron chi connectivity index (χ4n) is 4.43. The van der Waals surface area contributed by atoms with E-state index in [1.54, 1.807) is 0 Å². The van der Waals surface area contributed by atoms with Crippen LogP contribution in [-0.4, -0.2) is 25.9 Å². The topological polar surface area (TPSA) is 40.6 Å². The minimum Gasteiger partial charge on any atom is -0.377 e. The van der Waals surface area contributed by atoms with Gasteiger partial charge in [-0.1, -0.05) is 38.1 Å². The van der Waals surface area contributed by atoms with Crippen molar-refractivity contribution >= 4 is 23.2 Å². The molecule has 0 aromatic heterocycles. The van der Waals surface area contributed by atoms with Gasteiger partial charge >= 0.3 is 0 Å². The van der Waals surface area contributed by atoms with Crippen molar-refractivity contribution in [3.8, 4) is 0 Å². The number of anilines is 2. The average Bonchev–Trinajstić information content (AvgIpc) is 2.98. The van der Waals surface area contributed by atoms with Gasteiger partial charge in [0.2, 0.25) is 0 Å². The maximum absolute atomic E-state index is 12.2. The van der Waals surface area contributed by atoms with Crippen molar-refractivity contribution in [2.45, 2.75) is 47.0 Å². The lowest BCUT2D eigenvalue weighted by atomic mass is 9.93. The number of nitrogens with zero attached hydrogens (tertiary/aromatic N) is 2. The summed E-state index contributed by atoms with van der Waals surface area (Å²) in [6.45, 7) is 8.40. The van der Waals surface area contributed by atoms with Crippen LogP contribution >= 0.6 is 0 Å². The first-order valence-electron chi connectivity index (χ1n) is 10.2. The van der Waals surface area contributed by atoms with Gasteiger partial charge in [0.15, 0.2) is 0 Å². The molecular weight excluding hydrogens is 360 g/mol. The number of hydrogen-bond donors (Lipinski definition) is 0. The largest absolute Gasteiger partial charge is 0.377 e. The zero-order valence-corrected chi connectivity index (χ0v) is 18.3. The zero-order valence-electron chi connectivity index (χ0n) is 18.3. The summed E-state index contributed by atoms with van der Waals surface area (Å²) in [5.41, 5.74) is 9.16. The Morgan fingerprint density at radius 2 is 1.31 bits per heavy atom. The van der Waals surface area contributed by atoms with Gasteiger partial charge in [-0.05, 0) is 66.5 Å². The number of carbonyl (C=O) groups excluding carboxylic acids is 2. The standard InChI is InChI=1S/C25H30N2O2/c1-7-20-14-18(11-16(3)24(20)26(5)6)13-19-12-17(4)25(21(8-2)15-19)27-22(28)9-10-23(27)29/h9-12,14-15H,7-8,13H2,1-6H3. The number of hydrogen-bond acceptors (Lipinski definition) is 3. The average molecular weight is 391 g/mol. The summed E-state index contributed by atoms with van der Waals surface area (Å²) in [6.07, 6.45) is 5.27. The predicted octanol–water partition coefficient (Wildman–Crippen LogP) is 4.51. The van der Waals surface area contributed by atoms with Crippen LogP contribution in [0.1, 0.15) is 47.2 Å². The zero-order chi connectivity index (χ0) is 21.3. The second-order valence-electron chi connectivity index (χ2n) is 7.96. The summed E-state index contributed by atoms with van der Waals surface area (Å²) in [7, 11) is 4.18. The third-order valence-electron chi connectivity index (χ3n) is 5.53. The molecule has 29 heavy (non-hydrogen) atoms. The Labute approximate surface area is 173 Å². The Bertz CT molecular complexity index is 984. The predicted molar refractivity (Wildman–Crippen MR) is 120 cm³/mol. The third-order valence-corrected chi connectivity index (χ3v) is 5.53. The van der Waals surface area contributed by atoms with Crippen molar-refractivity contribution in [1.82, 2.24) is 0 Å². The molecule has 3 rings (SSSR count). The second kappa shape index (κ2) is 8.24. The highest BCUT2D eigenvalue weighted by Crippen LogP contribution is 2.32. The summed E-state index contributed by atoms with van der Waals surface area (Å²) in [4.78, 5) is 27.9. The van der Waals surface area contributed by atoms with E-state index in [0.29, 0.717) is 0 Å². The van der Waals surface area contributed by atoms with E-state index >= 15 is 0 Å². The normalized spacial score (nSPS) is 13.5. The second-order valence-corrected chi connectivity index (χ2v) is 7.96. The van der Waals surface area contributed by atoms with Crippen LogP contribution < -0.4 is 9.80 Å². The summed E-state index contributed by atoms with van der Waals surface area (Å²) in [6, 6.07) is 8.81. The third kappa shape index (κ3) is 3.98. The molecule has 1 heterocycles. The van der Waals surface area contributed by atoms with Crippen LogP contribution in [0.4, 0.5) is 11.4 Å². The van der Waals surface area contributed by atoms with Crippen molar-refractivity contribution in [3.05, 3.63) is 69.8 Å². The summed E-state index contributed by atoms with van der Waals surface area (Å²) in [5.74, 6) is -0.522. The lowest BCUT2D eigenvalue weighted by Crippen LogP contribution is -2.31. The molecule has 4 heteroatoms. The van der Waals surface area contributed by atoms with Gasteiger partial charge in [-0.2, -0.15) is 0 Å². The fraction of sp³-hybridized carbons (Fsp3) is 0.360. The molecule has 1 aliphatic heterocycles. The van der Waals surface area contributed by atoms with Crippen LogP contribution in [0.15, 0.2) is 36.4 Å². The molecule has 2 aromatic rings. The van der Waals surface area contributed by atoms with Crippen LogP contribution in [0.25, 0.3) is 0 Å². The molecule has 0 aliphatic carbocycles. The maximum Gasteiger partial charge on any atom is 0.258 e. The summed E-state index contributed by atoms with van der Waals surface area (Å²) < 4.78 is 0. The van der Waals surface area contributed by atoms with Crippen molar-refractivity contribution in [1.29, 1.82) is 0 Å². The van der Waals surface area contributed by atoms with Crippen LogP contribution in [0, 0.1) is 13.8 Å². The van der Waals surface area contributed by atoms with Gasteiger partial charge < -0.3 is 4.90 Å². The number of imide groups is 1. The van der Waals surface area contributed by atoms with Gasteiger partial charge in [0.1, 0.15) is 0 Å². The highest BCUT2D eigenvalue weighted by atomic mass is 16.2. The van der Waals surface area contributed by atoms with E-state index in [4.69, 9.17) is 0 Å². The van der Waals surface area contributed by atoms with Crippen LogP contribution in [0.2, 0.25) is 0 Å². The number of amides is 2. The molecule has 2 amide bonds. The number of rotatable bonds is 6. The minimum atomic E-state index is -0.261. The quantitative estimate of drug-likeness (QED) is 0.681. The van der Waals surface area contributed by atoms with Crippen molar-refractivity contribution in [2.24, 2.45) is 0 Å². The monoisotopic (exact) mass is 390 g/mol. The first kappa shape index (κ1) is 20.8. The molecule has 0 radical (unpaired) electrons. The summed E-state index contributed by atoms with van der Waals surface area (Å²) in [5, 5.41) is 0. The van der Waals surface area contributed by atoms with E-state index in [-0.39, 0.29) is 11.8 Å². The van der Waals surface area contributed by atoms with Crippen molar-refractivity contribution < 1.29 is 9.59 Å². The molecule has 0 spiro atoms. The lowest BCUT2D eigenvalue weighted by molar-refractivity contribution is -0.120. The molecule has 152 valence electrons. The van der Waals surface area contributed by atoms with Crippen LogP contribution in [-0.2, 0) is 28.9 Å². The Morgan fingerprint density at radius 3 is 1.83 bits per heavy atom.